The monoisotopic (exact) mass is 442 g/mol. The first-order valence-corrected chi connectivity index (χ1v) is 11.3. The Morgan fingerprint density at radius 3 is 2.81 bits per heavy atom. The van der Waals surface area contributed by atoms with Gasteiger partial charge in [-0.05, 0) is 37.9 Å². The summed E-state index contributed by atoms with van der Waals surface area (Å²) in [6, 6.07) is 7.44. The minimum absolute atomic E-state index is 0.0193. The summed E-state index contributed by atoms with van der Waals surface area (Å²) in [6.07, 6.45) is 9.44. The Morgan fingerprint density at radius 1 is 1.32 bits per heavy atom. The number of carbonyl (C=O) groups excluding carboxylic acids is 2. The zero-order valence-corrected chi connectivity index (χ0v) is 18.8. The molecule has 7 heteroatoms. The fourth-order valence-corrected chi connectivity index (χ4v) is 3.96. The standard InChI is InChI=1S/C24H31ClN4O2/c1-3-4-11-22(24(31)27-21-10-6-5-9-20(21)25)29-16-15-28(17-18(29)2)23(30)13-12-19-8-7-14-26-19/h5-6,9-13,19,26H,2-4,7-8,14-17H2,1H3,(H,27,31)/b13-12+,22-11-. The smallest absolute Gasteiger partial charge is 0.271 e. The van der Waals surface area contributed by atoms with E-state index in [1.54, 1.807) is 23.1 Å². The summed E-state index contributed by atoms with van der Waals surface area (Å²) in [7, 11) is 0. The molecule has 0 bridgehead atoms. The molecule has 1 atom stereocenters. The summed E-state index contributed by atoms with van der Waals surface area (Å²) in [5.74, 6) is -0.246. The van der Waals surface area contributed by atoms with Crippen molar-refractivity contribution < 1.29 is 9.59 Å². The van der Waals surface area contributed by atoms with E-state index in [4.69, 9.17) is 11.6 Å². The van der Waals surface area contributed by atoms with Crippen molar-refractivity contribution in [2.45, 2.75) is 38.6 Å². The van der Waals surface area contributed by atoms with Crippen LogP contribution in [0.5, 0.6) is 0 Å². The molecule has 2 heterocycles. The van der Waals surface area contributed by atoms with E-state index in [9.17, 15) is 9.59 Å². The van der Waals surface area contributed by atoms with Crippen LogP contribution in [0.2, 0.25) is 5.02 Å². The SMILES string of the molecule is C=C1CN(C(=O)/C=C/C2CCCN2)CCN1/C(=C\CCC)C(=O)Nc1ccccc1Cl. The Hall–Kier alpha value is -2.57. The van der Waals surface area contributed by atoms with Gasteiger partial charge in [0.1, 0.15) is 5.70 Å². The molecule has 31 heavy (non-hydrogen) atoms. The topological polar surface area (TPSA) is 64.7 Å². The Bertz CT molecular complexity index is 874. The molecule has 2 aliphatic heterocycles. The molecule has 0 radical (unpaired) electrons. The molecule has 0 saturated carbocycles. The van der Waals surface area contributed by atoms with Gasteiger partial charge in [-0.1, -0.05) is 55.8 Å². The fourth-order valence-electron chi connectivity index (χ4n) is 3.78. The van der Waals surface area contributed by atoms with E-state index in [1.807, 2.05) is 29.2 Å². The molecule has 2 aliphatic rings. The lowest BCUT2D eigenvalue weighted by Gasteiger charge is -2.38. The second kappa shape index (κ2) is 11.2. The van der Waals surface area contributed by atoms with Crippen molar-refractivity contribution in [1.29, 1.82) is 0 Å². The summed E-state index contributed by atoms with van der Waals surface area (Å²) in [6.45, 7) is 8.66. The maximum Gasteiger partial charge on any atom is 0.271 e. The van der Waals surface area contributed by atoms with Gasteiger partial charge in [-0.3, -0.25) is 9.59 Å². The van der Waals surface area contributed by atoms with E-state index >= 15 is 0 Å². The molecule has 1 aromatic rings. The van der Waals surface area contributed by atoms with Crippen LogP contribution < -0.4 is 10.6 Å². The third-order valence-corrected chi connectivity index (χ3v) is 5.83. The number of nitrogens with zero attached hydrogens (tertiary/aromatic N) is 2. The normalized spacial score (nSPS) is 19.9. The minimum atomic E-state index is -0.227. The minimum Gasteiger partial charge on any atom is -0.338 e. The molecule has 3 rings (SSSR count). The number of hydrogen-bond acceptors (Lipinski definition) is 4. The Morgan fingerprint density at radius 2 is 2.13 bits per heavy atom. The molecule has 2 saturated heterocycles. The number of piperazine rings is 1. The van der Waals surface area contributed by atoms with Gasteiger partial charge in [0, 0.05) is 30.9 Å². The summed E-state index contributed by atoms with van der Waals surface area (Å²) in [4.78, 5) is 29.3. The van der Waals surface area contributed by atoms with Gasteiger partial charge in [-0.25, -0.2) is 0 Å². The molecule has 166 valence electrons. The number of nitrogens with one attached hydrogen (secondary N) is 2. The lowest BCUT2D eigenvalue weighted by molar-refractivity contribution is -0.126. The number of carbonyl (C=O) groups is 2. The lowest BCUT2D eigenvalue weighted by Crippen LogP contribution is -2.47. The highest BCUT2D eigenvalue weighted by molar-refractivity contribution is 6.33. The largest absolute Gasteiger partial charge is 0.338 e. The average Bonchev–Trinajstić information content (AvgIpc) is 3.28. The van der Waals surface area contributed by atoms with Crippen molar-refractivity contribution in [3.05, 3.63) is 65.5 Å². The van der Waals surface area contributed by atoms with Crippen molar-refractivity contribution in [3.63, 3.8) is 0 Å². The number of allylic oxidation sites excluding steroid dienone is 1. The van der Waals surface area contributed by atoms with E-state index in [0.29, 0.717) is 36.0 Å². The first-order chi connectivity index (χ1) is 15.0. The van der Waals surface area contributed by atoms with E-state index in [-0.39, 0.29) is 17.9 Å². The van der Waals surface area contributed by atoms with Crippen LogP contribution >= 0.6 is 11.6 Å². The average molecular weight is 443 g/mol. The van der Waals surface area contributed by atoms with Gasteiger partial charge in [0.15, 0.2) is 0 Å². The van der Waals surface area contributed by atoms with Crippen LogP contribution in [0.4, 0.5) is 5.69 Å². The van der Waals surface area contributed by atoms with Gasteiger partial charge < -0.3 is 20.4 Å². The maximum absolute atomic E-state index is 13.1. The van der Waals surface area contributed by atoms with E-state index in [2.05, 4.69) is 24.1 Å². The van der Waals surface area contributed by atoms with Gasteiger partial charge in [0.25, 0.3) is 5.91 Å². The molecule has 6 nitrogen and oxygen atoms in total. The summed E-state index contributed by atoms with van der Waals surface area (Å²) in [5, 5.41) is 6.75. The molecule has 2 amide bonds. The molecule has 1 aromatic carbocycles. The van der Waals surface area contributed by atoms with Crippen LogP contribution in [0.3, 0.4) is 0 Å². The van der Waals surface area contributed by atoms with Crippen LogP contribution in [0, 0.1) is 0 Å². The molecular weight excluding hydrogens is 412 g/mol. The van der Waals surface area contributed by atoms with Crippen molar-refractivity contribution >= 4 is 29.1 Å². The first-order valence-electron chi connectivity index (χ1n) is 10.9. The Balaban J connectivity index is 1.66. The fraction of sp³-hybridized carbons (Fsp3) is 0.417. The van der Waals surface area contributed by atoms with Crippen LogP contribution in [-0.2, 0) is 9.59 Å². The van der Waals surface area contributed by atoms with Crippen molar-refractivity contribution in [2.75, 3.05) is 31.5 Å². The highest BCUT2D eigenvalue weighted by Crippen LogP contribution is 2.24. The third-order valence-electron chi connectivity index (χ3n) is 5.50. The molecule has 2 N–H and O–H groups in total. The van der Waals surface area contributed by atoms with E-state index < -0.39 is 0 Å². The highest BCUT2D eigenvalue weighted by atomic mass is 35.5. The van der Waals surface area contributed by atoms with Crippen molar-refractivity contribution in [3.8, 4) is 0 Å². The number of halogens is 1. The Labute approximate surface area is 189 Å². The number of para-hydroxylation sites is 1. The number of anilines is 1. The summed E-state index contributed by atoms with van der Waals surface area (Å²) < 4.78 is 0. The number of amides is 2. The maximum atomic E-state index is 13.1. The van der Waals surface area contributed by atoms with Gasteiger partial charge in [-0.2, -0.15) is 0 Å². The molecule has 0 aliphatic carbocycles. The quantitative estimate of drug-likeness (QED) is 0.628. The predicted octanol–water partition coefficient (Wildman–Crippen LogP) is 3.93. The van der Waals surface area contributed by atoms with Crippen LogP contribution in [0.1, 0.15) is 32.6 Å². The number of hydrogen-bond donors (Lipinski definition) is 2. The van der Waals surface area contributed by atoms with Crippen LogP contribution in [0.25, 0.3) is 0 Å². The predicted molar refractivity (Wildman–Crippen MR) is 126 cm³/mol. The van der Waals surface area contributed by atoms with E-state index in [0.717, 1.165) is 37.9 Å². The second-order valence-electron chi connectivity index (χ2n) is 7.85. The highest BCUT2D eigenvalue weighted by Gasteiger charge is 2.27. The third kappa shape index (κ3) is 6.21. The lowest BCUT2D eigenvalue weighted by atomic mass is 10.1. The molecular formula is C24H31ClN4O2. The molecule has 1 unspecified atom stereocenters. The van der Waals surface area contributed by atoms with Gasteiger partial charge in [0.05, 0.1) is 17.3 Å². The molecule has 2 fully saturated rings. The number of benzene rings is 1. The first kappa shape index (κ1) is 23.1. The van der Waals surface area contributed by atoms with Gasteiger partial charge >= 0.3 is 0 Å². The summed E-state index contributed by atoms with van der Waals surface area (Å²) in [5.41, 5.74) is 1.84. The number of rotatable bonds is 7. The van der Waals surface area contributed by atoms with Crippen LogP contribution in [-0.4, -0.2) is 53.8 Å². The van der Waals surface area contributed by atoms with Gasteiger partial charge in [-0.15, -0.1) is 0 Å². The zero-order valence-electron chi connectivity index (χ0n) is 18.1. The Kier molecular flexibility index (Phi) is 8.32. The van der Waals surface area contributed by atoms with Crippen molar-refractivity contribution in [2.24, 2.45) is 0 Å². The molecule has 0 aromatic heterocycles. The van der Waals surface area contributed by atoms with E-state index in [1.165, 1.54) is 0 Å². The second-order valence-corrected chi connectivity index (χ2v) is 8.26. The van der Waals surface area contributed by atoms with Crippen LogP contribution in [0.15, 0.2) is 60.5 Å². The van der Waals surface area contributed by atoms with Crippen molar-refractivity contribution in [1.82, 2.24) is 15.1 Å². The molecule has 0 spiro atoms. The van der Waals surface area contributed by atoms with Gasteiger partial charge in [0.2, 0.25) is 5.91 Å². The number of unbranched alkanes of at least 4 members (excludes halogenated alkanes) is 1. The zero-order chi connectivity index (χ0) is 22.2. The summed E-state index contributed by atoms with van der Waals surface area (Å²) >= 11 is 6.20.